The summed E-state index contributed by atoms with van der Waals surface area (Å²) in [7, 11) is 0. The summed E-state index contributed by atoms with van der Waals surface area (Å²) in [6, 6.07) is 11.5. The van der Waals surface area contributed by atoms with Gasteiger partial charge in [-0.2, -0.15) is 0 Å². The Kier molecular flexibility index (Phi) is 11.5. The third kappa shape index (κ3) is 9.36. The van der Waals surface area contributed by atoms with Crippen LogP contribution in [0.1, 0.15) is 24.5 Å². The molecular weight excluding hydrogens is 489 g/mol. The Hall–Kier alpha value is -1.87. The molecule has 0 atom stereocenters. The zero-order valence-corrected chi connectivity index (χ0v) is 19.3. The van der Waals surface area contributed by atoms with Gasteiger partial charge in [0.2, 0.25) is 5.91 Å². The number of pyridine rings is 1. The summed E-state index contributed by atoms with van der Waals surface area (Å²) in [4.78, 5) is 20.6. The van der Waals surface area contributed by atoms with E-state index in [9.17, 15) is 4.79 Å². The van der Waals surface area contributed by atoms with Gasteiger partial charge in [0.25, 0.3) is 0 Å². The number of amides is 1. The normalized spacial score (nSPS) is 10.8. The summed E-state index contributed by atoms with van der Waals surface area (Å²) >= 11 is 6.00. The van der Waals surface area contributed by atoms with Crippen LogP contribution in [0.25, 0.3) is 0 Å². The van der Waals surface area contributed by atoms with Crippen LogP contribution in [0, 0.1) is 6.92 Å². The summed E-state index contributed by atoms with van der Waals surface area (Å²) < 4.78 is 0. The molecule has 0 aliphatic carbocycles. The number of nitrogens with one attached hydrogen (secondary N) is 3. The first kappa shape index (κ1) is 24.2. The van der Waals surface area contributed by atoms with Crippen molar-refractivity contribution in [1.82, 2.24) is 15.6 Å². The van der Waals surface area contributed by atoms with Crippen molar-refractivity contribution in [1.29, 1.82) is 0 Å². The van der Waals surface area contributed by atoms with Crippen molar-refractivity contribution >= 4 is 53.3 Å². The maximum Gasteiger partial charge on any atom is 0.227 e. The molecule has 1 aromatic heterocycles. The fourth-order valence-electron chi connectivity index (χ4n) is 2.38. The number of aryl methyl sites for hydroxylation is 1. The van der Waals surface area contributed by atoms with Crippen LogP contribution < -0.4 is 16.0 Å². The number of carbonyl (C=O) groups excluding carboxylic acids is 1. The number of hydrogen-bond acceptors (Lipinski definition) is 3. The van der Waals surface area contributed by atoms with Gasteiger partial charge in [0.05, 0.1) is 6.54 Å². The van der Waals surface area contributed by atoms with Gasteiger partial charge < -0.3 is 16.0 Å². The molecule has 0 aliphatic rings. The molecule has 152 valence electrons. The summed E-state index contributed by atoms with van der Waals surface area (Å²) in [5.41, 5.74) is 2.22. The molecule has 8 heteroatoms. The lowest BCUT2D eigenvalue weighted by Gasteiger charge is -2.11. The minimum Gasteiger partial charge on any atom is -0.357 e. The summed E-state index contributed by atoms with van der Waals surface area (Å²) in [6.07, 6.45) is 2.85. The third-order valence-corrected chi connectivity index (χ3v) is 3.96. The molecule has 0 bridgehead atoms. The van der Waals surface area contributed by atoms with Crippen molar-refractivity contribution in [2.45, 2.75) is 26.7 Å². The van der Waals surface area contributed by atoms with Crippen LogP contribution >= 0.6 is 35.6 Å². The van der Waals surface area contributed by atoms with Gasteiger partial charge in [-0.1, -0.05) is 29.8 Å². The minimum absolute atomic E-state index is 0. The fraction of sp³-hybridized carbons (Fsp3) is 0.350. The molecule has 6 nitrogen and oxygen atoms in total. The van der Waals surface area contributed by atoms with E-state index < -0.39 is 0 Å². The molecule has 1 heterocycles. The lowest BCUT2D eigenvalue weighted by Crippen LogP contribution is -2.38. The van der Waals surface area contributed by atoms with E-state index in [1.54, 1.807) is 12.3 Å². The smallest absolute Gasteiger partial charge is 0.227 e. The Morgan fingerprint density at radius 1 is 1.21 bits per heavy atom. The minimum atomic E-state index is -0.107. The molecule has 0 radical (unpaired) electrons. The molecule has 0 aliphatic heterocycles. The molecular formula is C20H27ClIN5O. The Morgan fingerprint density at radius 3 is 2.71 bits per heavy atom. The number of hydrogen-bond donors (Lipinski definition) is 3. The van der Waals surface area contributed by atoms with Gasteiger partial charge in [0.1, 0.15) is 5.82 Å². The van der Waals surface area contributed by atoms with E-state index in [4.69, 9.17) is 11.6 Å². The second-order valence-corrected chi connectivity index (χ2v) is 6.52. The molecule has 1 aromatic carbocycles. The fourth-order valence-corrected chi connectivity index (χ4v) is 2.59. The first-order chi connectivity index (χ1) is 13.1. The van der Waals surface area contributed by atoms with Crippen molar-refractivity contribution in [2.24, 2.45) is 4.99 Å². The van der Waals surface area contributed by atoms with E-state index in [1.165, 1.54) is 0 Å². The number of benzene rings is 1. The first-order valence-electron chi connectivity index (χ1n) is 9.06. The molecule has 2 rings (SSSR count). The average molecular weight is 516 g/mol. The standard InChI is InChI=1S/C20H26ClN5O.HI/c1-3-22-20(23-11-9-16-5-4-6-17(21)13-16)24-12-10-19(27)26-18-8-7-15(2)14-25-18;/h4-8,13-14H,3,9-12H2,1-2H3,(H2,22,23,24)(H,25,26,27);1H. The lowest BCUT2D eigenvalue weighted by molar-refractivity contribution is -0.116. The Bertz CT molecular complexity index is 767. The van der Waals surface area contributed by atoms with Crippen LogP contribution in [0.15, 0.2) is 47.6 Å². The largest absolute Gasteiger partial charge is 0.357 e. The topological polar surface area (TPSA) is 78.4 Å². The highest BCUT2D eigenvalue weighted by molar-refractivity contribution is 14.0. The van der Waals surface area contributed by atoms with Gasteiger partial charge in [-0.15, -0.1) is 24.0 Å². The number of carbonyl (C=O) groups is 1. The van der Waals surface area contributed by atoms with Crippen molar-refractivity contribution in [3.05, 3.63) is 58.7 Å². The van der Waals surface area contributed by atoms with E-state index in [0.717, 1.165) is 35.7 Å². The van der Waals surface area contributed by atoms with Crippen molar-refractivity contribution in [3.8, 4) is 0 Å². The van der Waals surface area contributed by atoms with Gasteiger partial charge in [-0.25, -0.2) is 4.98 Å². The summed E-state index contributed by atoms with van der Waals surface area (Å²) in [6.45, 7) is 5.83. The molecule has 1 amide bonds. The van der Waals surface area contributed by atoms with Gasteiger partial charge >= 0.3 is 0 Å². The third-order valence-electron chi connectivity index (χ3n) is 3.73. The number of halogens is 2. The van der Waals surface area contributed by atoms with Crippen LogP contribution in [-0.2, 0) is 11.2 Å². The number of nitrogens with zero attached hydrogens (tertiary/aromatic N) is 2. The molecule has 0 fully saturated rings. The zero-order valence-electron chi connectivity index (χ0n) is 16.2. The molecule has 0 unspecified atom stereocenters. The number of anilines is 1. The number of guanidine groups is 1. The zero-order chi connectivity index (χ0) is 19.5. The van der Waals surface area contributed by atoms with Gasteiger partial charge in [0.15, 0.2) is 5.96 Å². The molecule has 28 heavy (non-hydrogen) atoms. The highest BCUT2D eigenvalue weighted by atomic mass is 127. The monoisotopic (exact) mass is 515 g/mol. The Labute approximate surface area is 188 Å². The van der Waals surface area contributed by atoms with Crippen molar-refractivity contribution < 1.29 is 4.79 Å². The molecule has 0 saturated heterocycles. The SMILES string of the molecule is CCNC(=NCCC(=O)Nc1ccc(C)cn1)NCCc1cccc(Cl)c1.I. The second-order valence-electron chi connectivity index (χ2n) is 6.09. The van der Waals surface area contributed by atoms with E-state index >= 15 is 0 Å². The number of rotatable bonds is 8. The molecule has 2 aromatic rings. The maximum absolute atomic E-state index is 12.0. The van der Waals surface area contributed by atoms with Crippen LogP contribution in [0.2, 0.25) is 5.02 Å². The molecule has 3 N–H and O–H groups in total. The second kappa shape index (κ2) is 13.3. The quantitative estimate of drug-likeness (QED) is 0.284. The predicted octanol–water partition coefficient (Wildman–Crippen LogP) is 3.79. The van der Waals surface area contributed by atoms with Gasteiger partial charge in [-0.05, 0) is 49.6 Å². The first-order valence-corrected chi connectivity index (χ1v) is 9.43. The molecule has 0 spiro atoms. The predicted molar refractivity (Wildman–Crippen MR) is 127 cm³/mol. The lowest BCUT2D eigenvalue weighted by atomic mass is 10.1. The van der Waals surface area contributed by atoms with E-state index in [1.807, 2.05) is 44.2 Å². The van der Waals surface area contributed by atoms with Crippen LogP contribution in [0.3, 0.4) is 0 Å². The Morgan fingerprint density at radius 2 is 2.04 bits per heavy atom. The highest BCUT2D eigenvalue weighted by Crippen LogP contribution is 2.10. The summed E-state index contributed by atoms with van der Waals surface area (Å²) in [5.74, 6) is 1.15. The summed E-state index contributed by atoms with van der Waals surface area (Å²) in [5, 5.41) is 9.96. The number of aromatic nitrogens is 1. The van der Waals surface area contributed by atoms with Crippen molar-refractivity contribution in [2.75, 3.05) is 25.0 Å². The van der Waals surface area contributed by atoms with Crippen molar-refractivity contribution in [3.63, 3.8) is 0 Å². The number of aliphatic imine (C=N–C) groups is 1. The Balaban J connectivity index is 0.00000392. The molecule has 0 saturated carbocycles. The van der Waals surface area contributed by atoms with Gasteiger partial charge in [-0.3, -0.25) is 9.79 Å². The van der Waals surface area contributed by atoms with E-state index in [-0.39, 0.29) is 29.9 Å². The van der Waals surface area contributed by atoms with Crippen LogP contribution in [0.4, 0.5) is 5.82 Å². The van der Waals surface area contributed by atoms with Crippen LogP contribution in [0.5, 0.6) is 0 Å². The van der Waals surface area contributed by atoms with E-state index in [2.05, 4.69) is 25.9 Å². The van der Waals surface area contributed by atoms with Gasteiger partial charge in [0, 0.05) is 30.7 Å². The van der Waals surface area contributed by atoms with E-state index in [0.29, 0.717) is 24.7 Å². The highest BCUT2D eigenvalue weighted by Gasteiger charge is 2.04. The maximum atomic E-state index is 12.0. The van der Waals surface area contributed by atoms with Crippen LogP contribution in [-0.4, -0.2) is 36.5 Å². The average Bonchev–Trinajstić information content (AvgIpc) is 2.64.